The van der Waals surface area contributed by atoms with E-state index in [9.17, 15) is 0 Å². The van der Waals surface area contributed by atoms with Crippen LogP contribution in [0, 0.1) is 6.92 Å². The number of fused-ring (bicyclic) bond motifs is 1. The number of para-hydroxylation sites is 1. The van der Waals surface area contributed by atoms with Crippen LogP contribution in [0.2, 0.25) is 0 Å². The zero-order valence-electron chi connectivity index (χ0n) is 12.9. The smallest absolute Gasteiger partial charge is 0.0775 e. The minimum absolute atomic E-state index is 1.11. The van der Waals surface area contributed by atoms with Crippen molar-refractivity contribution in [2.45, 2.75) is 32.6 Å². The molecular weight excluding hydrogens is 268 g/mol. The molecule has 0 saturated carbocycles. The van der Waals surface area contributed by atoms with Gasteiger partial charge >= 0.3 is 0 Å². The number of hydrogen-bond donors (Lipinski definition) is 0. The van der Waals surface area contributed by atoms with E-state index >= 15 is 0 Å². The summed E-state index contributed by atoms with van der Waals surface area (Å²) in [4.78, 5) is 0. The van der Waals surface area contributed by atoms with Gasteiger partial charge in [-0.2, -0.15) is 5.10 Å². The summed E-state index contributed by atoms with van der Waals surface area (Å²) in [6.07, 6.45) is 4.78. The van der Waals surface area contributed by atoms with Gasteiger partial charge in [0.25, 0.3) is 0 Å². The second kappa shape index (κ2) is 5.45. The van der Waals surface area contributed by atoms with E-state index in [1.165, 1.54) is 40.9 Å². The molecule has 0 amide bonds. The van der Waals surface area contributed by atoms with E-state index in [0.29, 0.717) is 0 Å². The molecule has 0 unspecified atom stereocenters. The van der Waals surface area contributed by atoms with Gasteiger partial charge < -0.3 is 0 Å². The molecule has 0 atom stereocenters. The average Bonchev–Trinajstić information content (AvgIpc) is 2.96. The highest BCUT2D eigenvalue weighted by Crippen LogP contribution is 2.33. The number of rotatable bonds is 2. The number of aromatic nitrogens is 2. The highest BCUT2D eigenvalue weighted by atomic mass is 15.3. The Balaban J connectivity index is 1.94. The van der Waals surface area contributed by atoms with E-state index in [-0.39, 0.29) is 0 Å². The Bertz CT molecular complexity index is 783. The van der Waals surface area contributed by atoms with Gasteiger partial charge in [0.2, 0.25) is 0 Å². The highest BCUT2D eigenvalue weighted by molar-refractivity contribution is 5.67. The molecule has 2 nitrogen and oxygen atoms in total. The Morgan fingerprint density at radius 2 is 1.59 bits per heavy atom. The quantitative estimate of drug-likeness (QED) is 0.667. The first kappa shape index (κ1) is 13.3. The van der Waals surface area contributed by atoms with Gasteiger partial charge in [0.05, 0.1) is 17.1 Å². The van der Waals surface area contributed by atoms with Gasteiger partial charge in [-0.25, -0.2) is 4.68 Å². The predicted octanol–water partition coefficient (Wildman–Crippen LogP) is 4.73. The van der Waals surface area contributed by atoms with Crippen molar-refractivity contribution in [3.05, 3.63) is 71.4 Å². The second-order valence-electron chi connectivity index (χ2n) is 6.09. The van der Waals surface area contributed by atoms with Gasteiger partial charge in [-0.1, -0.05) is 48.0 Å². The number of hydrogen-bond acceptors (Lipinski definition) is 1. The Labute approximate surface area is 131 Å². The maximum atomic E-state index is 4.94. The van der Waals surface area contributed by atoms with E-state index in [4.69, 9.17) is 5.10 Å². The monoisotopic (exact) mass is 288 g/mol. The molecule has 22 heavy (non-hydrogen) atoms. The maximum absolute atomic E-state index is 4.94. The van der Waals surface area contributed by atoms with Crippen LogP contribution in [0.25, 0.3) is 16.9 Å². The highest BCUT2D eigenvalue weighted by Gasteiger charge is 2.22. The lowest BCUT2D eigenvalue weighted by atomic mass is 9.93. The molecule has 4 rings (SSSR count). The van der Waals surface area contributed by atoms with Crippen molar-refractivity contribution in [3.63, 3.8) is 0 Å². The molecule has 2 heteroatoms. The number of benzene rings is 2. The predicted molar refractivity (Wildman–Crippen MR) is 90.4 cm³/mol. The molecule has 1 heterocycles. The van der Waals surface area contributed by atoms with Crippen LogP contribution in [-0.2, 0) is 12.8 Å². The van der Waals surface area contributed by atoms with Crippen LogP contribution in [0.3, 0.4) is 0 Å². The van der Waals surface area contributed by atoms with Gasteiger partial charge in [0.1, 0.15) is 0 Å². The summed E-state index contributed by atoms with van der Waals surface area (Å²) in [7, 11) is 0. The molecule has 2 aromatic carbocycles. The zero-order chi connectivity index (χ0) is 14.9. The van der Waals surface area contributed by atoms with Crippen LogP contribution >= 0.6 is 0 Å². The normalized spacial score (nSPS) is 13.9. The molecule has 0 saturated heterocycles. The van der Waals surface area contributed by atoms with E-state index in [2.05, 4.69) is 66.2 Å². The van der Waals surface area contributed by atoms with Crippen molar-refractivity contribution in [2.24, 2.45) is 0 Å². The van der Waals surface area contributed by atoms with Crippen LogP contribution < -0.4 is 0 Å². The van der Waals surface area contributed by atoms with Crippen molar-refractivity contribution >= 4 is 0 Å². The Hall–Kier alpha value is -2.35. The molecule has 1 aromatic heterocycles. The van der Waals surface area contributed by atoms with Gasteiger partial charge in [0, 0.05) is 11.1 Å². The standard InChI is InChI=1S/C20H20N2/c1-15-11-13-16(14-12-15)20-18-9-5-6-10-19(18)21-22(20)17-7-3-2-4-8-17/h2-4,7-8,11-14H,5-6,9-10H2,1H3. The van der Waals surface area contributed by atoms with Gasteiger partial charge in [-0.05, 0) is 44.7 Å². The molecule has 0 bridgehead atoms. The van der Waals surface area contributed by atoms with Gasteiger partial charge in [-0.3, -0.25) is 0 Å². The van der Waals surface area contributed by atoms with Crippen molar-refractivity contribution in [3.8, 4) is 16.9 Å². The molecule has 3 aromatic rings. The fourth-order valence-corrected chi connectivity index (χ4v) is 3.32. The Kier molecular flexibility index (Phi) is 3.30. The van der Waals surface area contributed by atoms with Crippen molar-refractivity contribution in [1.82, 2.24) is 9.78 Å². The molecule has 110 valence electrons. The first-order valence-electron chi connectivity index (χ1n) is 8.06. The molecular formula is C20H20N2. The topological polar surface area (TPSA) is 17.8 Å². The summed E-state index contributed by atoms with van der Waals surface area (Å²) < 4.78 is 2.14. The van der Waals surface area contributed by atoms with Crippen LogP contribution in [0.1, 0.15) is 29.7 Å². The summed E-state index contributed by atoms with van der Waals surface area (Å²) in [6.45, 7) is 2.13. The molecule has 1 aliphatic rings. The van der Waals surface area contributed by atoms with Crippen LogP contribution in [0.4, 0.5) is 0 Å². The lowest BCUT2D eigenvalue weighted by Gasteiger charge is -2.12. The summed E-state index contributed by atoms with van der Waals surface area (Å²) in [6, 6.07) is 19.3. The minimum atomic E-state index is 1.11. The van der Waals surface area contributed by atoms with Crippen molar-refractivity contribution < 1.29 is 0 Å². The van der Waals surface area contributed by atoms with Crippen LogP contribution in [0.5, 0.6) is 0 Å². The van der Waals surface area contributed by atoms with Crippen molar-refractivity contribution in [2.75, 3.05) is 0 Å². The largest absolute Gasteiger partial charge is 0.233 e. The SMILES string of the molecule is Cc1ccc(-c2c3c(nn2-c2ccccc2)CCCC3)cc1. The Morgan fingerprint density at radius 1 is 0.864 bits per heavy atom. The van der Waals surface area contributed by atoms with E-state index in [0.717, 1.165) is 18.5 Å². The van der Waals surface area contributed by atoms with E-state index in [1.54, 1.807) is 0 Å². The average molecular weight is 288 g/mol. The van der Waals surface area contributed by atoms with Crippen LogP contribution in [-0.4, -0.2) is 9.78 Å². The fraction of sp³-hybridized carbons (Fsp3) is 0.250. The lowest BCUT2D eigenvalue weighted by molar-refractivity contribution is 0.671. The third-order valence-electron chi connectivity index (χ3n) is 4.48. The van der Waals surface area contributed by atoms with Gasteiger partial charge in [-0.15, -0.1) is 0 Å². The summed E-state index contributed by atoms with van der Waals surface area (Å²) in [5.74, 6) is 0. The minimum Gasteiger partial charge on any atom is -0.233 e. The number of aryl methyl sites for hydroxylation is 2. The molecule has 0 radical (unpaired) electrons. The summed E-state index contributed by atoms with van der Waals surface area (Å²) >= 11 is 0. The zero-order valence-corrected chi connectivity index (χ0v) is 12.9. The van der Waals surface area contributed by atoms with E-state index < -0.39 is 0 Å². The number of nitrogens with zero attached hydrogens (tertiary/aromatic N) is 2. The van der Waals surface area contributed by atoms with Crippen molar-refractivity contribution in [1.29, 1.82) is 0 Å². The summed E-state index contributed by atoms with van der Waals surface area (Å²) in [5, 5.41) is 4.94. The molecule has 1 aliphatic carbocycles. The third-order valence-corrected chi connectivity index (χ3v) is 4.48. The van der Waals surface area contributed by atoms with Crippen LogP contribution in [0.15, 0.2) is 54.6 Å². The second-order valence-corrected chi connectivity index (χ2v) is 6.09. The summed E-state index contributed by atoms with van der Waals surface area (Å²) in [5.41, 5.74) is 7.71. The maximum Gasteiger partial charge on any atom is 0.0775 e. The lowest BCUT2D eigenvalue weighted by Crippen LogP contribution is -2.01. The third kappa shape index (κ3) is 2.25. The Morgan fingerprint density at radius 3 is 2.36 bits per heavy atom. The molecule has 0 aliphatic heterocycles. The van der Waals surface area contributed by atoms with E-state index in [1.807, 2.05) is 0 Å². The molecule has 0 spiro atoms. The van der Waals surface area contributed by atoms with Gasteiger partial charge in [0.15, 0.2) is 0 Å². The molecule has 0 fully saturated rings. The first-order valence-corrected chi connectivity index (χ1v) is 8.06. The molecule has 0 N–H and O–H groups in total. The first-order chi connectivity index (χ1) is 10.8. The fourth-order valence-electron chi connectivity index (χ4n) is 3.32.